The van der Waals surface area contributed by atoms with E-state index in [-0.39, 0.29) is 11.8 Å². The molecule has 7 heteroatoms. The summed E-state index contributed by atoms with van der Waals surface area (Å²) >= 11 is 6.14. The topological polar surface area (TPSA) is 30.5 Å². The van der Waals surface area contributed by atoms with E-state index in [1.54, 1.807) is 18.2 Å². The molecule has 1 aliphatic rings. The van der Waals surface area contributed by atoms with Crippen LogP contribution in [0.5, 0.6) is 11.5 Å². The predicted molar refractivity (Wildman–Crippen MR) is 84.3 cm³/mol. The van der Waals surface area contributed by atoms with Gasteiger partial charge in [-0.1, -0.05) is 35.9 Å². The molecule has 1 heterocycles. The van der Waals surface area contributed by atoms with Gasteiger partial charge < -0.3 is 14.8 Å². The fraction of sp³-hybridized carbons (Fsp3) is 0.294. The van der Waals surface area contributed by atoms with Crippen molar-refractivity contribution < 1.29 is 22.6 Å². The molecule has 24 heavy (non-hydrogen) atoms. The highest BCUT2D eigenvalue weighted by Gasteiger charge is 2.31. The standard InChI is InChI=1S/C17H15ClF3NO2/c18-14-3-1-2-13-15(8-9-23-16(13)14)22-10-11-4-6-12(7-5-11)24-17(19,20)21/h1-7,15,22H,8-10H2. The number of benzene rings is 2. The quantitative estimate of drug-likeness (QED) is 0.848. The Kier molecular flexibility index (Phi) is 4.87. The molecule has 3 rings (SSSR count). The number of nitrogens with one attached hydrogen (secondary N) is 1. The van der Waals surface area contributed by atoms with Crippen LogP contribution in [0.4, 0.5) is 13.2 Å². The molecule has 2 aromatic rings. The lowest BCUT2D eigenvalue weighted by molar-refractivity contribution is -0.274. The lowest BCUT2D eigenvalue weighted by Gasteiger charge is -2.27. The van der Waals surface area contributed by atoms with Crippen LogP contribution in [0.3, 0.4) is 0 Å². The zero-order valence-corrected chi connectivity index (χ0v) is 13.3. The second-order valence-corrected chi connectivity index (χ2v) is 5.83. The Bertz CT molecular complexity index is 704. The third-order valence-electron chi connectivity index (χ3n) is 3.74. The third kappa shape index (κ3) is 4.13. The van der Waals surface area contributed by atoms with E-state index < -0.39 is 6.36 Å². The largest absolute Gasteiger partial charge is 0.573 e. The van der Waals surface area contributed by atoms with Crippen LogP contribution in [-0.4, -0.2) is 13.0 Å². The first-order valence-corrected chi connectivity index (χ1v) is 7.79. The molecule has 0 saturated heterocycles. The van der Waals surface area contributed by atoms with Crippen molar-refractivity contribution in [1.82, 2.24) is 5.32 Å². The van der Waals surface area contributed by atoms with Gasteiger partial charge in [-0.15, -0.1) is 13.2 Å². The highest BCUT2D eigenvalue weighted by molar-refractivity contribution is 6.32. The van der Waals surface area contributed by atoms with Gasteiger partial charge in [0, 0.05) is 24.6 Å². The number of halogens is 4. The highest BCUT2D eigenvalue weighted by atomic mass is 35.5. The average molecular weight is 358 g/mol. The van der Waals surface area contributed by atoms with E-state index >= 15 is 0 Å². The maximum absolute atomic E-state index is 12.1. The van der Waals surface area contributed by atoms with Gasteiger partial charge in [0.05, 0.1) is 11.6 Å². The van der Waals surface area contributed by atoms with E-state index in [0.717, 1.165) is 17.5 Å². The molecule has 128 valence electrons. The Morgan fingerprint density at radius 1 is 1.17 bits per heavy atom. The van der Waals surface area contributed by atoms with Gasteiger partial charge in [-0.2, -0.15) is 0 Å². The van der Waals surface area contributed by atoms with Crippen LogP contribution >= 0.6 is 11.6 Å². The fourth-order valence-corrected chi connectivity index (χ4v) is 2.88. The second-order valence-electron chi connectivity index (χ2n) is 5.42. The Hall–Kier alpha value is -1.92. The van der Waals surface area contributed by atoms with E-state index in [1.807, 2.05) is 12.1 Å². The molecule has 0 bridgehead atoms. The summed E-state index contributed by atoms with van der Waals surface area (Å²) in [6, 6.07) is 11.5. The van der Waals surface area contributed by atoms with Crippen molar-refractivity contribution in [3.05, 3.63) is 58.6 Å². The van der Waals surface area contributed by atoms with E-state index in [4.69, 9.17) is 16.3 Å². The van der Waals surface area contributed by atoms with E-state index in [0.29, 0.717) is 23.9 Å². The predicted octanol–water partition coefficient (Wildman–Crippen LogP) is 4.85. The van der Waals surface area contributed by atoms with E-state index in [9.17, 15) is 13.2 Å². The molecule has 1 atom stereocenters. The minimum Gasteiger partial charge on any atom is -0.492 e. The van der Waals surface area contributed by atoms with Gasteiger partial charge in [0.2, 0.25) is 0 Å². The van der Waals surface area contributed by atoms with Crippen molar-refractivity contribution in [3.8, 4) is 11.5 Å². The lowest BCUT2D eigenvalue weighted by Crippen LogP contribution is -2.26. The van der Waals surface area contributed by atoms with Crippen LogP contribution in [-0.2, 0) is 6.54 Å². The summed E-state index contributed by atoms with van der Waals surface area (Å²) in [5.41, 5.74) is 1.85. The first-order chi connectivity index (χ1) is 11.4. The van der Waals surface area contributed by atoms with Crippen LogP contribution in [0.1, 0.15) is 23.6 Å². The first kappa shape index (κ1) is 16.9. The summed E-state index contributed by atoms with van der Waals surface area (Å²) in [7, 11) is 0. The SMILES string of the molecule is FC(F)(F)Oc1ccc(CNC2CCOc3c(Cl)cccc32)cc1. The van der Waals surface area contributed by atoms with Gasteiger partial charge in [-0.3, -0.25) is 0 Å². The van der Waals surface area contributed by atoms with Crippen LogP contribution in [0, 0.1) is 0 Å². The highest BCUT2D eigenvalue weighted by Crippen LogP contribution is 2.37. The molecule has 0 aliphatic carbocycles. The number of ether oxygens (including phenoxy) is 2. The van der Waals surface area contributed by atoms with Crippen molar-refractivity contribution in [2.24, 2.45) is 0 Å². The van der Waals surface area contributed by atoms with Gasteiger partial charge in [0.15, 0.2) is 0 Å². The maximum atomic E-state index is 12.1. The molecule has 0 saturated carbocycles. The minimum atomic E-state index is -4.68. The number of hydrogen-bond donors (Lipinski definition) is 1. The van der Waals surface area contributed by atoms with Gasteiger partial charge in [-0.05, 0) is 23.8 Å². The molecule has 0 amide bonds. The molecule has 0 spiro atoms. The monoisotopic (exact) mass is 357 g/mol. The van der Waals surface area contributed by atoms with Crippen molar-refractivity contribution in [1.29, 1.82) is 0 Å². The van der Waals surface area contributed by atoms with Crippen LogP contribution in [0.2, 0.25) is 5.02 Å². The summed E-state index contributed by atoms with van der Waals surface area (Å²) in [6.45, 7) is 1.08. The maximum Gasteiger partial charge on any atom is 0.573 e. The number of alkyl halides is 3. The van der Waals surface area contributed by atoms with Crippen molar-refractivity contribution in [2.75, 3.05) is 6.61 Å². The molecular weight excluding hydrogens is 343 g/mol. The van der Waals surface area contributed by atoms with Gasteiger partial charge in [0.25, 0.3) is 0 Å². The second kappa shape index (κ2) is 6.91. The van der Waals surface area contributed by atoms with E-state index in [1.165, 1.54) is 12.1 Å². The van der Waals surface area contributed by atoms with Crippen molar-refractivity contribution in [3.63, 3.8) is 0 Å². The zero-order valence-electron chi connectivity index (χ0n) is 12.6. The molecule has 0 aromatic heterocycles. The van der Waals surface area contributed by atoms with Crippen LogP contribution in [0.25, 0.3) is 0 Å². The summed E-state index contributed by atoms with van der Waals surface area (Å²) in [4.78, 5) is 0. The summed E-state index contributed by atoms with van der Waals surface area (Å²) in [6.07, 6.45) is -3.88. The first-order valence-electron chi connectivity index (χ1n) is 7.42. The molecule has 1 aliphatic heterocycles. The zero-order chi connectivity index (χ0) is 17.2. The van der Waals surface area contributed by atoms with Crippen LogP contribution < -0.4 is 14.8 Å². The molecule has 1 N–H and O–H groups in total. The number of hydrogen-bond acceptors (Lipinski definition) is 3. The van der Waals surface area contributed by atoms with Crippen molar-refractivity contribution >= 4 is 11.6 Å². The molecular formula is C17H15ClF3NO2. The van der Waals surface area contributed by atoms with E-state index in [2.05, 4.69) is 10.1 Å². The van der Waals surface area contributed by atoms with Gasteiger partial charge in [0.1, 0.15) is 11.5 Å². The molecule has 1 unspecified atom stereocenters. The molecule has 3 nitrogen and oxygen atoms in total. The van der Waals surface area contributed by atoms with Crippen molar-refractivity contribution in [2.45, 2.75) is 25.4 Å². The Morgan fingerprint density at radius 3 is 2.62 bits per heavy atom. The molecule has 2 aromatic carbocycles. The van der Waals surface area contributed by atoms with Crippen LogP contribution in [0.15, 0.2) is 42.5 Å². The summed E-state index contributed by atoms with van der Waals surface area (Å²) in [5.74, 6) is 0.464. The minimum absolute atomic E-state index is 0.0820. The number of rotatable bonds is 4. The summed E-state index contributed by atoms with van der Waals surface area (Å²) < 4.78 is 45.9. The van der Waals surface area contributed by atoms with Gasteiger partial charge in [-0.25, -0.2) is 0 Å². The lowest BCUT2D eigenvalue weighted by atomic mass is 10.00. The third-order valence-corrected chi connectivity index (χ3v) is 4.03. The number of fused-ring (bicyclic) bond motifs is 1. The Morgan fingerprint density at radius 2 is 1.92 bits per heavy atom. The Balaban J connectivity index is 1.64. The average Bonchev–Trinajstić information content (AvgIpc) is 2.53. The van der Waals surface area contributed by atoms with Gasteiger partial charge >= 0.3 is 6.36 Å². The normalized spacial score (nSPS) is 17.1. The number of para-hydroxylation sites is 1. The molecule has 0 radical (unpaired) electrons. The fourth-order valence-electron chi connectivity index (χ4n) is 2.65. The summed E-state index contributed by atoms with van der Waals surface area (Å²) in [5, 5.41) is 3.96. The smallest absolute Gasteiger partial charge is 0.492 e. The Labute approximate surface area is 142 Å². The molecule has 0 fully saturated rings.